The van der Waals surface area contributed by atoms with Crippen molar-refractivity contribution in [2.45, 2.75) is 13.8 Å². The summed E-state index contributed by atoms with van der Waals surface area (Å²) in [5.74, 6) is -0.603. The number of amidine groups is 1. The monoisotopic (exact) mass is 371 g/mol. The van der Waals surface area contributed by atoms with Gasteiger partial charge in [-0.05, 0) is 31.1 Å². The molecule has 0 bridgehead atoms. The predicted molar refractivity (Wildman–Crippen MR) is 84.9 cm³/mol. The van der Waals surface area contributed by atoms with Crippen LogP contribution >= 0.6 is 0 Å². The van der Waals surface area contributed by atoms with Gasteiger partial charge in [0.15, 0.2) is 0 Å². The maximum atomic E-state index is 10.7. The molecule has 0 unspecified atom stereocenters. The van der Waals surface area contributed by atoms with Gasteiger partial charge in [-0.25, -0.2) is 9.78 Å². The van der Waals surface area contributed by atoms with Crippen LogP contribution in [0.2, 0.25) is 0 Å². The molecule has 0 atom stereocenters. The van der Waals surface area contributed by atoms with Gasteiger partial charge in [-0.2, -0.15) is 15.3 Å². The summed E-state index contributed by atoms with van der Waals surface area (Å²) in [5, 5.41) is 23.5. The van der Waals surface area contributed by atoms with E-state index in [0.717, 1.165) is 0 Å². The minimum absolute atomic E-state index is 0. The van der Waals surface area contributed by atoms with Gasteiger partial charge in [0.2, 0.25) is 0 Å². The third kappa shape index (κ3) is 6.68. The van der Waals surface area contributed by atoms with Crippen LogP contribution in [0.25, 0.3) is 0 Å². The fourth-order valence-corrected chi connectivity index (χ4v) is 1.09. The number of aromatic carboxylic acids is 1. The second kappa shape index (κ2) is 9.91. The molecule has 0 saturated carbocycles. The summed E-state index contributed by atoms with van der Waals surface area (Å²) in [4.78, 5) is 14.6. The molecule has 0 saturated heterocycles. The topological polar surface area (TPSA) is 111 Å². The normalized spacial score (nSPS) is 12.4. The molecule has 0 aliphatic carbocycles. The molecule has 22 heavy (non-hydrogen) atoms. The smallest absolute Gasteiger partial charge is 0.337 e. The van der Waals surface area contributed by atoms with E-state index in [1.807, 2.05) is 0 Å². The van der Waals surface area contributed by atoms with Crippen molar-refractivity contribution in [3.05, 3.63) is 23.9 Å². The molecule has 1 aromatic rings. The molecule has 1 aromatic heterocycles. The van der Waals surface area contributed by atoms with E-state index in [9.17, 15) is 4.79 Å². The number of carboxylic acid groups (broad SMARTS) is 1. The molecule has 1 rings (SSSR count). The van der Waals surface area contributed by atoms with Crippen LogP contribution in [-0.4, -0.2) is 39.7 Å². The number of nitrogens with zero attached hydrogens (tertiary/aromatic N) is 4. The number of anilines is 1. The fourth-order valence-electron chi connectivity index (χ4n) is 1.05. The molecule has 114 valence electrons. The second-order valence-corrected chi connectivity index (χ2v) is 4.27. The average molecular weight is 373 g/mol. The third-order valence-electron chi connectivity index (χ3n) is 2.38. The van der Waals surface area contributed by atoms with Crippen molar-refractivity contribution in [3.63, 3.8) is 0 Å². The number of carboxylic acids is 1. The van der Waals surface area contributed by atoms with E-state index in [4.69, 9.17) is 17.7 Å². The quantitative estimate of drug-likeness (QED) is 0.234. The molecular formula is C12H15N6O2SZn-. The Morgan fingerprint density at radius 1 is 1.27 bits per heavy atom. The van der Waals surface area contributed by atoms with Gasteiger partial charge in [0.05, 0.1) is 17.0 Å². The number of carbonyl (C=O) groups is 1. The zero-order chi connectivity index (χ0) is 15.8. The summed E-state index contributed by atoms with van der Waals surface area (Å²) in [5.41, 5.74) is 4.00. The average Bonchev–Trinajstić information content (AvgIpc) is 2.50. The van der Waals surface area contributed by atoms with Crippen LogP contribution in [-0.2, 0) is 32.1 Å². The molecule has 0 radical (unpaired) electrons. The molecule has 0 fully saturated rings. The molecule has 0 aromatic carbocycles. The van der Waals surface area contributed by atoms with Gasteiger partial charge in [0.25, 0.3) is 0 Å². The third-order valence-corrected chi connectivity index (χ3v) is 2.66. The number of hydrogen-bond acceptors (Lipinski definition) is 7. The van der Waals surface area contributed by atoms with Gasteiger partial charge >= 0.3 is 5.97 Å². The van der Waals surface area contributed by atoms with Crippen LogP contribution in [0.15, 0.2) is 33.6 Å². The van der Waals surface area contributed by atoms with Gasteiger partial charge < -0.3 is 23.1 Å². The molecule has 10 heteroatoms. The van der Waals surface area contributed by atoms with Crippen LogP contribution in [0.3, 0.4) is 0 Å². The Morgan fingerprint density at radius 2 is 1.95 bits per heavy atom. The Morgan fingerprint density at radius 3 is 2.45 bits per heavy atom. The molecule has 8 nitrogen and oxygen atoms in total. The summed E-state index contributed by atoms with van der Waals surface area (Å²) in [6.07, 6.45) is 1.25. The molecule has 3 N–H and O–H groups in total. The van der Waals surface area contributed by atoms with Crippen molar-refractivity contribution < 1.29 is 29.4 Å². The summed E-state index contributed by atoms with van der Waals surface area (Å²) in [6, 6.07) is 2.96. The molecule has 0 aliphatic heterocycles. The van der Waals surface area contributed by atoms with E-state index in [2.05, 4.69) is 31.0 Å². The van der Waals surface area contributed by atoms with Crippen LogP contribution in [0.5, 0.6) is 0 Å². The molecule has 0 aliphatic rings. The Labute approximate surface area is 146 Å². The summed E-state index contributed by atoms with van der Waals surface area (Å²) >= 11 is 4.84. The zero-order valence-electron chi connectivity index (χ0n) is 12.5. The van der Waals surface area contributed by atoms with Gasteiger partial charge in [-0.15, -0.1) is 0 Å². The van der Waals surface area contributed by atoms with E-state index < -0.39 is 5.97 Å². The minimum atomic E-state index is -1.03. The Hall–Kier alpha value is -1.93. The standard InChI is InChI=1S/C12H16N6O2S.Zn/c1-7(8(2)16-18-12(21)13-3)15-17-10-5-4-9(6-14-10)11(19)20;/h4-6H,1-3H3,(H,14,17)(H,19,20)(H2,13,18,21);/p-1/b15-7+,16-8+;. The van der Waals surface area contributed by atoms with Crippen molar-refractivity contribution in [3.8, 4) is 0 Å². The second-order valence-electron chi connectivity index (χ2n) is 3.89. The Balaban J connectivity index is 0.00000441. The van der Waals surface area contributed by atoms with Gasteiger partial charge in [-0.1, -0.05) is 0 Å². The predicted octanol–water partition coefficient (Wildman–Crippen LogP) is 1.06. The van der Waals surface area contributed by atoms with Crippen LogP contribution in [0.1, 0.15) is 24.2 Å². The van der Waals surface area contributed by atoms with Crippen molar-refractivity contribution in [2.75, 3.05) is 12.5 Å². The van der Waals surface area contributed by atoms with E-state index in [1.165, 1.54) is 18.3 Å². The molecule has 0 spiro atoms. The van der Waals surface area contributed by atoms with Crippen molar-refractivity contribution in [2.24, 2.45) is 15.3 Å². The zero-order valence-corrected chi connectivity index (χ0v) is 16.3. The Kier molecular flexibility index (Phi) is 9.04. The van der Waals surface area contributed by atoms with Crippen molar-refractivity contribution in [1.29, 1.82) is 0 Å². The van der Waals surface area contributed by atoms with Crippen LogP contribution < -0.4 is 10.7 Å². The molecule has 0 amide bonds. The first-order valence-corrected chi connectivity index (χ1v) is 6.32. The fraction of sp³-hybridized carbons (Fsp3) is 0.250. The van der Waals surface area contributed by atoms with Crippen molar-refractivity contribution in [1.82, 2.24) is 10.3 Å². The summed E-state index contributed by atoms with van der Waals surface area (Å²) in [7, 11) is 1.66. The number of hydrogen-bond donors (Lipinski definition) is 3. The number of aromatic nitrogens is 1. The Bertz CT molecular complexity index is 600. The van der Waals surface area contributed by atoms with Crippen LogP contribution in [0.4, 0.5) is 5.82 Å². The summed E-state index contributed by atoms with van der Waals surface area (Å²) < 4.78 is 0. The van der Waals surface area contributed by atoms with Gasteiger partial charge in [0, 0.05) is 32.7 Å². The molecular weight excluding hydrogens is 358 g/mol. The maximum Gasteiger partial charge on any atom is 0.337 e. The maximum absolute atomic E-state index is 10.7. The van der Waals surface area contributed by atoms with E-state index >= 15 is 0 Å². The first-order chi connectivity index (χ1) is 9.93. The van der Waals surface area contributed by atoms with Gasteiger partial charge in [0.1, 0.15) is 5.82 Å². The first-order valence-electron chi connectivity index (χ1n) is 5.91. The largest absolute Gasteiger partial charge is 0.741 e. The van der Waals surface area contributed by atoms with Crippen molar-refractivity contribution >= 4 is 41.0 Å². The number of nitrogens with one attached hydrogen (secondary N) is 2. The molecule has 1 heterocycles. The number of rotatable bonds is 5. The van der Waals surface area contributed by atoms with Crippen LogP contribution in [0, 0.1) is 0 Å². The summed E-state index contributed by atoms with van der Waals surface area (Å²) in [6.45, 7) is 3.48. The van der Waals surface area contributed by atoms with Gasteiger partial charge in [-0.3, -0.25) is 5.43 Å². The van der Waals surface area contributed by atoms with E-state index in [1.54, 1.807) is 20.9 Å². The first kappa shape index (κ1) is 20.1. The minimum Gasteiger partial charge on any atom is -0.741 e. The number of hydrazone groups is 1. The van der Waals surface area contributed by atoms with E-state index in [0.29, 0.717) is 17.2 Å². The SMILES string of the molecule is CN/C([S-])=N/N=C(C)/C(C)=N/Nc1ccc(C(=O)O)cn1.[Zn]. The van der Waals surface area contributed by atoms with E-state index in [-0.39, 0.29) is 30.2 Å². The number of pyridine rings is 1.